The number of hydrogen-bond donors (Lipinski definition) is 1. The van der Waals surface area contributed by atoms with Gasteiger partial charge < -0.3 is 10.6 Å². The van der Waals surface area contributed by atoms with Crippen LogP contribution >= 0.6 is 0 Å². The van der Waals surface area contributed by atoms with Crippen molar-refractivity contribution < 1.29 is 0 Å². The third kappa shape index (κ3) is 1.95. The van der Waals surface area contributed by atoms with Crippen LogP contribution in [0.15, 0.2) is 36.7 Å². The van der Waals surface area contributed by atoms with Crippen molar-refractivity contribution in [1.82, 2.24) is 4.98 Å². The zero-order valence-corrected chi connectivity index (χ0v) is 11.6. The van der Waals surface area contributed by atoms with Crippen molar-refractivity contribution in [2.45, 2.75) is 19.3 Å². The standard InChI is InChI=1S/C16H19N3/c1-16(2)10-19(3)15-7-11(4-5-14(15)16)12-6-13(17)9-18-8-12/h4-9H,10,17H2,1-3H3. The van der Waals surface area contributed by atoms with Gasteiger partial charge in [0.25, 0.3) is 0 Å². The second-order valence-corrected chi connectivity index (χ2v) is 5.98. The molecule has 0 spiro atoms. The maximum absolute atomic E-state index is 5.81. The first-order valence-corrected chi connectivity index (χ1v) is 6.54. The summed E-state index contributed by atoms with van der Waals surface area (Å²) in [6, 6.07) is 8.60. The fraction of sp³-hybridized carbons (Fsp3) is 0.312. The highest BCUT2D eigenvalue weighted by Gasteiger charge is 2.33. The number of anilines is 2. The Morgan fingerprint density at radius 3 is 2.68 bits per heavy atom. The summed E-state index contributed by atoms with van der Waals surface area (Å²) in [7, 11) is 2.15. The molecule has 3 heteroatoms. The third-order valence-electron chi connectivity index (χ3n) is 3.86. The number of nitrogen functional groups attached to an aromatic ring is 1. The van der Waals surface area contributed by atoms with Gasteiger partial charge in [0.05, 0.1) is 5.69 Å². The van der Waals surface area contributed by atoms with E-state index in [9.17, 15) is 0 Å². The van der Waals surface area contributed by atoms with Gasteiger partial charge in [0, 0.05) is 42.7 Å². The summed E-state index contributed by atoms with van der Waals surface area (Å²) in [5.41, 5.74) is 11.7. The largest absolute Gasteiger partial charge is 0.397 e. The molecule has 98 valence electrons. The van der Waals surface area contributed by atoms with Gasteiger partial charge in [-0.2, -0.15) is 0 Å². The molecular weight excluding hydrogens is 234 g/mol. The van der Waals surface area contributed by atoms with Crippen LogP contribution in [-0.2, 0) is 5.41 Å². The molecule has 0 atom stereocenters. The van der Waals surface area contributed by atoms with E-state index in [0.717, 1.165) is 12.1 Å². The van der Waals surface area contributed by atoms with E-state index in [1.165, 1.54) is 16.8 Å². The highest BCUT2D eigenvalue weighted by molar-refractivity contribution is 5.74. The van der Waals surface area contributed by atoms with E-state index in [1.54, 1.807) is 6.20 Å². The second-order valence-electron chi connectivity index (χ2n) is 5.98. The van der Waals surface area contributed by atoms with Crippen LogP contribution in [0.5, 0.6) is 0 Å². The van der Waals surface area contributed by atoms with E-state index in [0.29, 0.717) is 5.69 Å². The first-order valence-electron chi connectivity index (χ1n) is 6.54. The molecule has 1 aliphatic heterocycles. The lowest BCUT2D eigenvalue weighted by Crippen LogP contribution is -2.24. The Labute approximate surface area is 114 Å². The van der Waals surface area contributed by atoms with Crippen molar-refractivity contribution in [3.63, 3.8) is 0 Å². The molecule has 0 saturated carbocycles. The zero-order valence-electron chi connectivity index (χ0n) is 11.6. The molecule has 0 radical (unpaired) electrons. The third-order valence-corrected chi connectivity index (χ3v) is 3.86. The van der Waals surface area contributed by atoms with E-state index in [4.69, 9.17) is 5.73 Å². The van der Waals surface area contributed by atoms with Crippen LogP contribution in [0.3, 0.4) is 0 Å². The lowest BCUT2D eigenvalue weighted by Gasteiger charge is -2.18. The number of aromatic nitrogens is 1. The Hall–Kier alpha value is -2.03. The minimum Gasteiger partial charge on any atom is -0.397 e. The van der Waals surface area contributed by atoms with Gasteiger partial charge in [0.15, 0.2) is 0 Å². The summed E-state index contributed by atoms with van der Waals surface area (Å²) >= 11 is 0. The SMILES string of the molecule is CN1CC(C)(C)c2ccc(-c3cncc(N)c3)cc21. The highest BCUT2D eigenvalue weighted by Crippen LogP contribution is 2.41. The van der Waals surface area contributed by atoms with Crippen molar-refractivity contribution in [2.24, 2.45) is 0 Å². The summed E-state index contributed by atoms with van der Waals surface area (Å²) in [5.74, 6) is 0. The number of likely N-dealkylation sites (N-methyl/N-ethyl adjacent to an activating group) is 1. The average Bonchev–Trinajstić information content (AvgIpc) is 2.59. The second kappa shape index (κ2) is 3.98. The Morgan fingerprint density at radius 1 is 1.16 bits per heavy atom. The number of benzene rings is 1. The van der Waals surface area contributed by atoms with Crippen molar-refractivity contribution in [2.75, 3.05) is 24.2 Å². The molecule has 1 aromatic heterocycles. The molecule has 1 aromatic carbocycles. The van der Waals surface area contributed by atoms with Gasteiger partial charge in [-0.25, -0.2) is 0 Å². The highest BCUT2D eigenvalue weighted by atomic mass is 15.1. The maximum atomic E-state index is 5.81. The predicted molar refractivity (Wildman–Crippen MR) is 80.4 cm³/mol. The zero-order chi connectivity index (χ0) is 13.6. The minimum atomic E-state index is 0.219. The molecule has 2 aromatic rings. The predicted octanol–water partition coefficient (Wildman–Crippen LogP) is 3.06. The summed E-state index contributed by atoms with van der Waals surface area (Å²) in [6.45, 7) is 5.63. The number of rotatable bonds is 1. The smallest absolute Gasteiger partial charge is 0.0506 e. The van der Waals surface area contributed by atoms with E-state index >= 15 is 0 Å². The number of nitrogens with zero attached hydrogens (tertiary/aromatic N) is 2. The molecule has 0 aliphatic carbocycles. The van der Waals surface area contributed by atoms with Crippen LogP contribution in [0.4, 0.5) is 11.4 Å². The molecule has 0 bridgehead atoms. The van der Waals surface area contributed by atoms with Gasteiger partial charge in [-0.1, -0.05) is 26.0 Å². The Bertz CT molecular complexity index is 632. The fourth-order valence-electron chi connectivity index (χ4n) is 2.98. The van der Waals surface area contributed by atoms with E-state index in [-0.39, 0.29) is 5.41 Å². The van der Waals surface area contributed by atoms with Crippen LogP contribution in [0, 0.1) is 0 Å². The fourth-order valence-corrected chi connectivity index (χ4v) is 2.98. The lowest BCUT2D eigenvalue weighted by atomic mass is 9.86. The first-order chi connectivity index (χ1) is 8.97. The minimum absolute atomic E-state index is 0.219. The van der Waals surface area contributed by atoms with Crippen molar-refractivity contribution >= 4 is 11.4 Å². The van der Waals surface area contributed by atoms with E-state index < -0.39 is 0 Å². The lowest BCUT2D eigenvalue weighted by molar-refractivity contribution is 0.563. The van der Waals surface area contributed by atoms with Crippen molar-refractivity contribution in [1.29, 1.82) is 0 Å². The van der Waals surface area contributed by atoms with Crippen LogP contribution in [-0.4, -0.2) is 18.6 Å². The molecule has 19 heavy (non-hydrogen) atoms. The van der Waals surface area contributed by atoms with E-state index in [1.807, 2.05) is 12.3 Å². The van der Waals surface area contributed by atoms with Crippen molar-refractivity contribution in [3.05, 3.63) is 42.2 Å². The van der Waals surface area contributed by atoms with Gasteiger partial charge >= 0.3 is 0 Å². The Morgan fingerprint density at radius 2 is 1.95 bits per heavy atom. The number of hydrogen-bond acceptors (Lipinski definition) is 3. The topological polar surface area (TPSA) is 42.2 Å². The van der Waals surface area contributed by atoms with Crippen LogP contribution in [0.25, 0.3) is 11.1 Å². The number of nitrogens with two attached hydrogens (primary N) is 1. The monoisotopic (exact) mass is 253 g/mol. The molecule has 3 rings (SSSR count). The molecule has 2 heterocycles. The molecule has 2 N–H and O–H groups in total. The normalized spacial score (nSPS) is 16.5. The maximum Gasteiger partial charge on any atom is 0.0506 e. The molecule has 0 saturated heterocycles. The van der Waals surface area contributed by atoms with Gasteiger partial charge in [-0.15, -0.1) is 0 Å². The Kier molecular flexibility index (Phi) is 2.52. The molecule has 0 fully saturated rings. The van der Waals surface area contributed by atoms with Gasteiger partial charge in [-0.3, -0.25) is 4.98 Å². The van der Waals surface area contributed by atoms with Crippen LogP contribution in [0.2, 0.25) is 0 Å². The Balaban J connectivity index is 2.10. The molecule has 1 aliphatic rings. The molecule has 0 unspecified atom stereocenters. The average molecular weight is 253 g/mol. The van der Waals surface area contributed by atoms with Crippen LogP contribution < -0.4 is 10.6 Å². The molecule has 3 nitrogen and oxygen atoms in total. The number of pyridine rings is 1. The van der Waals surface area contributed by atoms with Crippen LogP contribution in [0.1, 0.15) is 19.4 Å². The van der Waals surface area contributed by atoms with Gasteiger partial charge in [-0.05, 0) is 23.3 Å². The van der Waals surface area contributed by atoms with Gasteiger partial charge in [0.2, 0.25) is 0 Å². The molecular formula is C16H19N3. The summed E-state index contributed by atoms with van der Waals surface area (Å²) in [5, 5.41) is 0. The number of fused-ring (bicyclic) bond motifs is 1. The summed E-state index contributed by atoms with van der Waals surface area (Å²) < 4.78 is 0. The molecule has 0 amide bonds. The summed E-state index contributed by atoms with van der Waals surface area (Å²) in [6.07, 6.45) is 3.53. The first kappa shape index (κ1) is 12.0. The quantitative estimate of drug-likeness (QED) is 0.849. The summed E-state index contributed by atoms with van der Waals surface area (Å²) in [4.78, 5) is 6.48. The van der Waals surface area contributed by atoms with Gasteiger partial charge in [0.1, 0.15) is 0 Å². The van der Waals surface area contributed by atoms with Crippen molar-refractivity contribution in [3.8, 4) is 11.1 Å². The van der Waals surface area contributed by atoms with E-state index in [2.05, 4.69) is 49.0 Å².